The molecule has 0 spiro atoms. The van der Waals surface area contributed by atoms with Gasteiger partial charge in [-0.25, -0.2) is 0 Å². The molecule has 0 bridgehead atoms. The fraction of sp³-hybridized carbons (Fsp3) is 0.333. The van der Waals surface area contributed by atoms with Gasteiger partial charge < -0.3 is 4.74 Å². The maximum Gasteiger partial charge on any atom is 0.0717 e. The summed E-state index contributed by atoms with van der Waals surface area (Å²) < 4.78 is 5.54. The van der Waals surface area contributed by atoms with Crippen molar-refractivity contribution in [3.05, 3.63) is 48.6 Å². The van der Waals surface area contributed by atoms with E-state index in [-0.39, 0.29) is 0 Å². The van der Waals surface area contributed by atoms with Crippen LogP contribution in [-0.4, -0.2) is 11.4 Å². The zero-order valence-electron chi connectivity index (χ0n) is 8.16. The van der Waals surface area contributed by atoms with Crippen molar-refractivity contribution in [2.75, 3.05) is 6.61 Å². The molecule has 0 fully saturated rings. The van der Waals surface area contributed by atoms with Crippen LogP contribution >= 0.6 is 15.9 Å². The van der Waals surface area contributed by atoms with Gasteiger partial charge in [0.15, 0.2) is 0 Å². The largest absolute Gasteiger partial charge is 0.376 e. The predicted octanol–water partition coefficient (Wildman–Crippen LogP) is 3.54. The molecule has 0 aliphatic heterocycles. The second kappa shape index (κ2) is 6.80. The first-order valence-electron chi connectivity index (χ1n) is 4.69. The minimum Gasteiger partial charge on any atom is -0.376 e. The van der Waals surface area contributed by atoms with Gasteiger partial charge in [-0.2, -0.15) is 0 Å². The Hall–Kier alpha value is -0.600. The van der Waals surface area contributed by atoms with Gasteiger partial charge in [-0.05, 0) is 12.0 Å². The zero-order chi connectivity index (χ0) is 10.2. The van der Waals surface area contributed by atoms with E-state index in [4.69, 9.17) is 4.74 Å². The van der Waals surface area contributed by atoms with Crippen molar-refractivity contribution in [1.29, 1.82) is 0 Å². The standard InChI is InChI=1S/C12H15BrO/c1-2-6-12(13)10-14-9-11-7-4-3-5-8-11/h2-5,7-8,12H,1,6,9-10H2/t12-/m0/s1. The van der Waals surface area contributed by atoms with E-state index in [0.717, 1.165) is 13.0 Å². The van der Waals surface area contributed by atoms with Crippen LogP contribution in [0, 0.1) is 0 Å². The van der Waals surface area contributed by atoms with Crippen molar-refractivity contribution in [3.8, 4) is 0 Å². The first-order chi connectivity index (χ1) is 6.83. The summed E-state index contributed by atoms with van der Waals surface area (Å²) in [4.78, 5) is 0.378. The highest BCUT2D eigenvalue weighted by Crippen LogP contribution is 2.08. The molecule has 0 N–H and O–H groups in total. The van der Waals surface area contributed by atoms with Crippen LogP contribution in [0.5, 0.6) is 0 Å². The number of benzene rings is 1. The molecular weight excluding hydrogens is 240 g/mol. The normalized spacial score (nSPS) is 12.4. The summed E-state index contributed by atoms with van der Waals surface area (Å²) in [6.45, 7) is 5.09. The molecule has 0 unspecified atom stereocenters. The van der Waals surface area contributed by atoms with Crippen LogP contribution < -0.4 is 0 Å². The second-order valence-electron chi connectivity index (χ2n) is 3.12. The minimum absolute atomic E-state index is 0.378. The van der Waals surface area contributed by atoms with Gasteiger partial charge in [0, 0.05) is 4.83 Å². The smallest absolute Gasteiger partial charge is 0.0717 e. The summed E-state index contributed by atoms with van der Waals surface area (Å²) >= 11 is 3.52. The fourth-order valence-corrected chi connectivity index (χ4v) is 1.58. The van der Waals surface area contributed by atoms with E-state index in [9.17, 15) is 0 Å². The lowest BCUT2D eigenvalue weighted by Crippen LogP contribution is -2.07. The summed E-state index contributed by atoms with van der Waals surface area (Å²) in [5, 5.41) is 0. The Labute approximate surface area is 93.9 Å². The van der Waals surface area contributed by atoms with Gasteiger partial charge in [0.2, 0.25) is 0 Å². The van der Waals surface area contributed by atoms with Gasteiger partial charge in [-0.3, -0.25) is 0 Å². The van der Waals surface area contributed by atoms with Crippen LogP contribution in [0.1, 0.15) is 12.0 Å². The minimum atomic E-state index is 0.378. The summed E-state index contributed by atoms with van der Waals surface area (Å²) in [7, 11) is 0. The van der Waals surface area contributed by atoms with Crippen LogP contribution in [-0.2, 0) is 11.3 Å². The first-order valence-corrected chi connectivity index (χ1v) is 5.61. The van der Waals surface area contributed by atoms with E-state index < -0.39 is 0 Å². The third-order valence-corrected chi connectivity index (χ3v) is 2.47. The fourth-order valence-electron chi connectivity index (χ4n) is 1.13. The zero-order valence-corrected chi connectivity index (χ0v) is 9.74. The number of allylic oxidation sites excluding steroid dienone is 1. The molecule has 0 heterocycles. The Bertz CT molecular complexity index is 258. The quantitative estimate of drug-likeness (QED) is 0.558. The van der Waals surface area contributed by atoms with Gasteiger partial charge in [-0.1, -0.05) is 52.3 Å². The van der Waals surface area contributed by atoms with Crippen molar-refractivity contribution >= 4 is 15.9 Å². The number of halogens is 1. The van der Waals surface area contributed by atoms with Crippen molar-refractivity contribution in [2.45, 2.75) is 17.9 Å². The van der Waals surface area contributed by atoms with Crippen LogP contribution in [0.2, 0.25) is 0 Å². The lowest BCUT2D eigenvalue weighted by atomic mass is 10.2. The third-order valence-electron chi connectivity index (χ3n) is 1.83. The molecular formula is C12H15BrO. The van der Waals surface area contributed by atoms with Crippen LogP contribution in [0.4, 0.5) is 0 Å². The topological polar surface area (TPSA) is 9.23 Å². The summed E-state index contributed by atoms with van der Waals surface area (Å²) in [5.74, 6) is 0. The number of alkyl halides is 1. The Morgan fingerprint density at radius 2 is 2.07 bits per heavy atom. The molecule has 76 valence electrons. The van der Waals surface area contributed by atoms with Crippen molar-refractivity contribution in [2.24, 2.45) is 0 Å². The Balaban J connectivity index is 2.18. The monoisotopic (exact) mass is 254 g/mol. The lowest BCUT2D eigenvalue weighted by molar-refractivity contribution is 0.123. The van der Waals surface area contributed by atoms with Crippen molar-refractivity contribution in [3.63, 3.8) is 0 Å². The molecule has 0 aliphatic rings. The van der Waals surface area contributed by atoms with E-state index in [1.54, 1.807) is 0 Å². The molecule has 14 heavy (non-hydrogen) atoms. The molecule has 1 rings (SSSR count). The second-order valence-corrected chi connectivity index (χ2v) is 4.42. The molecule has 0 saturated carbocycles. The number of hydrogen-bond acceptors (Lipinski definition) is 1. The van der Waals surface area contributed by atoms with Gasteiger partial charge in [0.05, 0.1) is 13.2 Å². The van der Waals surface area contributed by atoms with Crippen LogP contribution in [0.25, 0.3) is 0 Å². The highest BCUT2D eigenvalue weighted by Gasteiger charge is 2.01. The maximum absolute atomic E-state index is 5.54. The highest BCUT2D eigenvalue weighted by atomic mass is 79.9. The molecule has 0 aliphatic carbocycles. The number of hydrogen-bond donors (Lipinski definition) is 0. The van der Waals surface area contributed by atoms with E-state index in [0.29, 0.717) is 11.4 Å². The van der Waals surface area contributed by atoms with Crippen LogP contribution in [0.3, 0.4) is 0 Å². The Morgan fingerprint density at radius 3 is 2.71 bits per heavy atom. The van der Waals surface area contributed by atoms with Gasteiger partial charge in [0.25, 0.3) is 0 Å². The molecule has 2 heteroatoms. The molecule has 0 radical (unpaired) electrons. The van der Waals surface area contributed by atoms with Gasteiger partial charge in [-0.15, -0.1) is 6.58 Å². The summed E-state index contributed by atoms with van der Waals surface area (Å²) in [6.07, 6.45) is 2.83. The van der Waals surface area contributed by atoms with E-state index in [1.165, 1.54) is 5.56 Å². The predicted molar refractivity (Wildman–Crippen MR) is 63.6 cm³/mol. The number of rotatable bonds is 6. The number of ether oxygens (including phenoxy) is 1. The van der Waals surface area contributed by atoms with Crippen molar-refractivity contribution in [1.82, 2.24) is 0 Å². The SMILES string of the molecule is C=CC[C@H](Br)COCc1ccccc1. The molecule has 0 saturated heterocycles. The highest BCUT2D eigenvalue weighted by molar-refractivity contribution is 9.09. The van der Waals surface area contributed by atoms with Crippen molar-refractivity contribution < 1.29 is 4.74 Å². The average molecular weight is 255 g/mol. The van der Waals surface area contributed by atoms with Gasteiger partial charge >= 0.3 is 0 Å². The summed E-state index contributed by atoms with van der Waals surface area (Å²) in [5.41, 5.74) is 1.21. The molecule has 1 atom stereocenters. The van der Waals surface area contributed by atoms with E-state index in [1.807, 2.05) is 24.3 Å². The summed E-state index contributed by atoms with van der Waals surface area (Å²) in [6, 6.07) is 10.2. The van der Waals surface area contributed by atoms with Gasteiger partial charge in [0.1, 0.15) is 0 Å². The molecule has 1 aromatic carbocycles. The lowest BCUT2D eigenvalue weighted by Gasteiger charge is -2.08. The third kappa shape index (κ3) is 4.58. The Morgan fingerprint density at radius 1 is 1.36 bits per heavy atom. The van der Waals surface area contributed by atoms with E-state index >= 15 is 0 Å². The average Bonchev–Trinajstić information content (AvgIpc) is 2.20. The maximum atomic E-state index is 5.54. The first kappa shape index (κ1) is 11.5. The van der Waals surface area contributed by atoms with E-state index in [2.05, 4.69) is 34.6 Å². The molecule has 1 aromatic rings. The molecule has 1 nitrogen and oxygen atoms in total. The Kier molecular flexibility index (Phi) is 5.57. The molecule has 0 amide bonds. The molecule has 0 aromatic heterocycles. The van der Waals surface area contributed by atoms with Crippen LogP contribution in [0.15, 0.2) is 43.0 Å².